The van der Waals surface area contributed by atoms with E-state index in [0.29, 0.717) is 17.2 Å². The van der Waals surface area contributed by atoms with Gasteiger partial charge < -0.3 is 24.8 Å². The zero-order valence-electron chi connectivity index (χ0n) is 15.9. The highest BCUT2D eigenvalue weighted by Crippen LogP contribution is 2.36. The van der Waals surface area contributed by atoms with Gasteiger partial charge in [-0.15, -0.1) is 11.8 Å². The summed E-state index contributed by atoms with van der Waals surface area (Å²) in [6.07, 6.45) is -0.138. The Morgan fingerprint density at radius 1 is 1.14 bits per heavy atom. The average molecular weight is 416 g/mol. The quantitative estimate of drug-likeness (QED) is 0.669. The molecule has 0 saturated carbocycles. The lowest BCUT2D eigenvalue weighted by molar-refractivity contribution is -0.147. The zero-order chi connectivity index (χ0) is 20.8. The van der Waals surface area contributed by atoms with Crippen LogP contribution in [0.2, 0.25) is 0 Å². The van der Waals surface area contributed by atoms with E-state index < -0.39 is 23.7 Å². The number of hydrogen-bond acceptors (Lipinski definition) is 7. The fourth-order valence-electron chi connectivity index (χ4n) is 2.68. The lowest BCUT2D eigenvalue weighted by Gasteiger charge is -2.23. The van der Waals surface area contributed by atoms with E-state index in [4.69, 9.17) is 14.2 Å². The van der Waals surface area contributed by atoms with E-state index >= 15 is 0 Å². The van der Waals surface area contributed by atoms with E-state index in [0.717, 1.165) is 10.6 Å². The van der Waals surface area contributed by atoms with Crippen molar-refractivity contribution >= 4 is 40.9 Å². The molecule has 0 saturated heterocycles. The smallest absolute Gasteiger partial charge is 0.307 e. The molecule has 1 aliphatic heterocycles. The van der Waals surface area contributed by atoms with Gasteiger partial charge in [-0.05, 0) is 24.3 Å². The molecule has 2 aromatic rings. The van der Waals surface area contributed by atoms with Gasteiger partial charge in [0.1, 0.15) is 11.5 Å². The number of thioether (sulfide) groups is 1. The van der Waals surface area contributed by atoms with Crippen molar-refractivity contribution < 1.29 is 28.6 Å². The van der Waals surface area contributed by atoms with Crippen LogP contribution >= 0.6 is 11.8 Å². The van der Waals surface area contributed by atoms with Gasteiger partial charge in [-0.25, -0.2) is 0 Å². The number of esters is 1. The normalized spacial score (nSPS) is 15.0. The number of para-hydroxylation sites is 1. The van der Waals surface area contributed by atoms with Crippen LogP contribution in [-0.4, -0.2) is 43.9 Å². The average Bonchev–Trinajstić information content (AvgIpc) is 2.72. The Hall–Kier alpha value is -3.20. The van der Waals surface area contributed by atoms with Crippen LogP contribution in [0.1, 0.15) is 6.42 Å². The third-order valence-corrected chi connectivity index (χ3v) is 5.38. The van der Waals surface area contributed by atoms with Crippen molar-refractivity contribution in [3.05, 3.63) is 42.5 Å². The van der Waals surface area contributed by atoms with Gasteiger partial charge in [-0.1, -0.05) is 12.1 Å². The number of methoxy groups -OCH3 is 2. The summed E-state index contributed by atoms with van der Waals surface area (Å²) in [7, 11) is 2.98. The van der Waals surface area contributed by atoms with Crippen molar-refractivity contribution in [1.82, 2.24) is 0 Å². The summed E-state index contributed by atoms with van der Waals surface area (Å²) in [4.78, 5) is 37.3. The third kappa shape index (κ3) is 5.20. The standard InChI is InChI=1S/C20H20N2O6S/c1-26-12-7-8-15(27-2)14(9-12)21-18(23)11-28-19(24)10-17-20(25)22-13-5-3-4-6-16(13)29-17/h3-9,17H,10-11H2,1-2H3,(H,21,23)(H,22,25)/t17-/m0/s1. The summed E-state index contributed by atoms with van der Waals surface area (Å²) >= 11 is 1.30. The maximum Gasteiger partial charge on any atom is 0.307 e. The van der Waals surface area contributed by atoms with E-state index in [1.165, 1.54) is 26.0 Å². The third-order valence-electron chi connectivity index (χ3n) is 4.10. The maximum absolute atomic E-state index is 12.2. The monoisotopic (exact) mass is 416 g/mol. The fraction of sp³-hybridized carbons (Fsp3) is 0.250. The molecule has 2 N–H and O–H groups in total. The van der Waals surface area contributed by atoms with Gasteiger partial charge in [0.25, 0.3) is 5.91 Å². The Labute approximate surface area is 171 Å². The first kappa shape index (κ1) is 20.5. The molecule has 0 aliphatic carbocycles. The van der Waals surface area contributed by atoms with Crippen LogP contribution < -0.4 is 20.1 Å². The van der Waals surface area contributed by atoms with Crippen molar-refractivity contribution in [1.29, 1.82) is 0 Å². The van der Waals surface area contributed by atoms with Crippen molar-refractivity contribution in [3.63, 3.8) is 0 Å². The number of fused-ring (bicyclic) bond motifs is 1. The molecule has 1 heterocycles. The Morgan fingerprint density at radius 3 is 2.69 bits per heavy atom. The highest BCUT2D eigenvalue weighted by Gasteiger charge is 2.29. The molecule has 29 heavy (non-hydrogen) atoms. The van der Waals surface area contributed by atoms with E-state index in [1.54, 1.807) is 24.3 Å². The van der Waals surface area contributed by atoms with Gasteiger partial charge in [0.15, 0.2) is 6.61 Å². The van der Waals surface area contributed by atoms with Crippen molar-refractivity contribution in [3.8, 4) is 11.5 Å². The molecule has 1 atom stereocenters. The molecule has 0 fully saturated rings. The van der Waals surface area contributed by atoms with Crippen molar-refractivity contribution in [2.24, 2.45) is 0 Å². The number of rotatable bonds is 7. The second kappa shape index (κ2) is 9.33. The Bertz CT molecular complexity index is 933. The number of carbonyl (C=O) groups is 3. The van der Waals surface area contributed by atoms with Crippen LogP contribution in [0.5, 0.6) is 11.5 Å². The second-order valence-corrected chi connectivity index (χ2v) is 7.32. The molecule has 9 heteroatoms. The highest BCUT2D eigenvalue weighted by molar-refractivity contribution is 8.01. The molecule has 0 bridgehead atoms. The summed E-state index contributed by atoms with van der Waals surface area (Å²) in [6, 6.07) is 12.3. The first-order chi connectivity index (χ1) is 14.0. The van der Waals surface area contributed by atoms with Gasteiger partial charge in [0, 0.05) is 11.0 Å². The van der Waals surface area contributed by atoms with Crippen LogP contribution in [-0.2, 0) is 19.1 Å². The van der Waals surface area contributed by atoms with Crippen LogP contribution in [0.15, 0.2) is 47.4 Å². The minimum atomic E-state index is -0.634. The topological polar surface area (TPSA) is 103 Å². The number of carbonyl (C=O) groups excluding carboxylic acids is 3. The lowest BCUT2D eigenvalue weighted by atomic mass is 10.2. The largest absolute Gasteiger partial charge is 0.497 e. The molecule has 152 valence electrons. The van der Waals surface area contributed by atoms with E-state index in [-0.39, 0.29) is 12.3 Å². The first-order valence-corrected chi connectivity index (χ1v) is 9.62. The first-order valence-electron chi connectivity index (χ1n) is 8.74. The predicted octanol–water partition coefficient (Wildman–Crippen LogP) is 2.69. The van der Waals surface area contributed by atoms with Crippen molar-refractivity contribution in [2.75, 3.05) is 31.5 Å². The van der Waals surface area contributed by atoms with Gasteiger partial charge in [-0.2, -0.15) is 0 Å². The van der Waals surface area contributed by atoms with Gasteiger partial charge in [0.2, 0.25) is 5.91 Å². The maximum atomic E-state index is 12.2. The number of amides is 2. The fourth-order valence-corrected chi connectivity index (χ4v) is 3.78. The zero-order valence-corrected chi connectivity index (χ0v) is 16.7. The number of hydrogen-bond donors (Lipinski definition) is 2. The Kier molecular flexibility index (Phi) is 6.61. The summed E-state index contributed by atoms with van der Waals surface area (Å²) < 4.78 is 15.3. The molecule has 8 nitrogen and oxygen atoms in total. The van der Waals surface area contributed by atoms with Gasteiger partial charge in [0.05, 0.1) is 37.3 Å². The van der Waals surface area contributed by atoms with Crippen molar-refractivity contribution in [2.45, 2.75) is 16.6 Å². The molecule has 2 aromatic carbocycles. The number of ether oxygens (including phenoxy) is 3. The Morgan fingerprint density at radius 2 is 1.93 bits per heavy atom. The number of anilines is 2. The summed E-state index contributed by atoms with van der Waals surface area (Å²) in [6.45, 7) is -0.477. The second-order valence-electron chi connectivity index (χ2n) is 6.07. The molecular weight excluding hydrogens is 396 g/mol. The van der Waals surface area contributed by atoms with Gasteiger partial charge in [-0.3, -0.25) is 14.4 Å². The van der Waals surface area contributed by atoms with Crippen LogP contribution in [0.25, 0.3) is 0 Å². The van der Waals surface area contributed by atoms with Crippen LogP contribution in [0.4, 0.5) is 11.4 Å². The minimum absolute atomic E-state index is 0.138. The van der Waals surface area contributed by atoms with E-state index in [2.05, 4.69) is 10.6 Å². The summed E-state index contributed by atoms with van der Waals surface area (Å²) in [5, 5.41) is 4.76. The van der Waals surface area contributed by atoms with E-state index in [9.17, 15) is 14.4 Å². The van der Waals surface area contributed by atoms with Crippen LogP contribution in [0, 0.1) is 0 Å². The lowest BCUT2D eigenvalue weighted by Crippen LogP contribution is -2.32. The minimum Gasteiger partial charge on any atom is -0.497 e. The summed E-state index contributed by atoms with van der Waals surface area (Å²) in [5.41, 5.74) is 1.12. The molecule has 2 amide bonds. The van der Waals surface area contributed by atoms with Crippen LogP contribution in [0.3, 0.4) is 0 Å². The summed E-state index contributed by atoms with van der Waals surface area (Å²) in [5.74, 6) is -0.449. The molecule has 3 rings (SSSR count). The molecule has 0 aromatic heterocycles. The predicted molar refractivity (Wildman–Crippen MR) is 108 cm³/mol. The SMILES string of the molecule is COc1ccc(OC)c(NC(=O)COC(=O)C[C@@H]2Sc3ccccc3NC2=O)c1. The molecule has 0 radical (unpaired) electrons. The van der Waals surface area contributed by atoms with E-state index in [1.807, 2.05) is 18.2 Å². The number of benzene rings is 2. The molecular formula is C20H20N2O6S. The molecule has 1 aliphatic rings. The van der Waals surface area contributed by atoms with Gasteiger partial charge >= 0.3 is 5.97 Å². The molecule has 0 spiro atoms. The molecule has 0 unspecified atom stereocenters. The number of nitrogens with one attached hydrogen (secondary N) is 2. The highest BCUT2D eigenvalue weighted by atomic mass is 32.2. The Balaban J connectivity index is 1.52.